The van der Waals surface area contributed by atoms with Crippen LogP contribution < -0.4 is 21.7 Å². The first kappa shape index (κ1) is 15.5. The second kappa shape index (κ2) is 7.24. The molecule has 0 spiro atoms. The fraction of sp³-hybridized carbons (Fsp3) is 0.125. The zero-order valence-electron chi connectivity index (χ0n) is 12.2. The summed E-state index contributed by atoms with van der Waals surface area (Å²) in [6, 6.07) is 14.0. The number of hydrogen-bond donors (Lipinski definition) is 4. The number of hydrogen-bond acceptors (Lipinski definition) is 3. The summed E-state index contributed by atoms with van der Waals surface area (Å²) < 4.78 is 0. The summed E-state index contributed by atoms with van der Waals surface area (Å²) in [6.07, 6.45) is 0. The molecule has 0 aliphatic rings. The van der Waals surface area contributed by atoms with Crippen LogP contribution in [0.25, 0.3) is 0 Å². The molecule has 0 unspecified atom stereocenters. The molecule has 0 aliphatic carbocycles. The Kier molecular flexibility index (Phi) is 5.11. The number of amides is 3. The normalized spacial score (nSPS) is 9.91. The van der Waals surface area contributed by atoms with Crippen LogP contribution in [-0.2, 0) is 4.79 Å². The molecule has 0 radical (unpaired) electrons. The molecule has 0 saturated heterocycles. The van der Waals surface area contributed by atoms with Gasteiger partial charge >= 0.3 is 6.03 Å². The van der Waals surface area contributed by atoms with E-state index in [-0.39, 0.29) is 18.5 Å². The fourth-order valence-corrected chi connectivity index (χ4v) is 1.85. The van der Waals surface area contributed by atoms with E-state index in [2.05, 4.69) is 16.0 Å². The van der Waals surface area contributed by atoms with Crippen LogP contribution in [0, 0.1) is 6.92 Å². The molecule has 0 fully saturated rings. The highest BCUT2D eigenvalue weighted by Crippen LogP contribution is 2.20. The summed E-state index contributed by atoms with van der Waals surface area (Å²) in [7, 11) is 0. The number of nitrogens with two attached hydrogens (primary N) is 1. The number of carbonyl (C=O) groups excluding carboxylic acids is 2. The van der Waals surface area contributed by atoms with E-state index in [1.54, 1.807) is 24.3 Å². The predicted molar refractivity (Wildman–Crippen MR) is 87.9 cm³/mol. The van der Waals surface area contributed by atoms with E-state index in [1.165, 1.54) is 0 Å². The molecule has 0 aliphatic heterocycles. The average Bonchev–Trinajstić information content (AvgIpc) is 2.51. The number of carbonyl (C=O) groups is 2. The quantitative estimate of drug-likeness (QED) is 0.698. The van der Waals surface area contributed by atoms with E-state index >= 15 is 0 Å². The van der Waals surface area contributed by atoms with Crippen LogP contribution >= 0.6 is 0 Å². The minimum atomic E-state index is -0.350. The van der Waals surface area contributed by atoms with Gasteiger partial charge in [-0.15, -0.1) is 0 Å². The van der Waals surface area contributed by atoms with Crippen LogP contribution in [0.5, 0.6) is 0 Å². The van der Waals surface area contributed by atoms with Gasteiger partial charge < -0.3 is 21.7 Å². The highest BCUT2D eigenvalue weighted by atomic mass is 16.2. The molecular weight excluding hydrogens is 280 g/mol. The van der Waals surface area contributed by atoms with E-state index in [9.17, 15) is 9.59 Å². The largest absolute Gasteiger partial charge is 0.325 e. The second-order valence-corrected chi connectivity index (χ2v) is 4.73. The third-order valence-corrected chi connectivity index (χ3v) is 2.99. The van der Waals surface area contributed by atoms with Crippen molar-refractivity contribution in [3.8, 4) is 0 Å². The number of anilines is 3. The second-order valence-electron chi connectivity index (χ2n) is 4.73. The maximum Gasteiger partial charge on any atom is 0.323 e. The third kappa shape index (κ3) is 4.32. The predicted octanol–water partition coefficient (Wildman–Crippen LogP) is 2.54. The lowest BCUT2D eigenvalue weighted by Gasteiger charge is -2.12. The van der Waals surface area contributed by atoms with Crippen molar-refractivity contribution in [2.75, 3.05) is 22.5 Å². The van der Waals surface area contributed by atoms with Crippen molar-refractivity contribution < 1.29 is 9.59 Å². The summed E-state index contributed by atoms with van der Waals surface area (Å²) in [6.45, 7) is 1.78. The summed E-state index contributed by atoms with van der Waals surface area (Å²) in [4.78, 5) is 23.3. The SMILES string of the molecule is Cc1ccc(NC(=O)CN)cc1NC(=O)Nc1ccccc1. The van der Waals surface area contributed by atoms with Crippen molar-refractivity contribution >= 4 is 29.0 Å². The van der Waals surface area contributed by atoms with Crippen molar-refractivity contribution in [1.82, 2.24) is 0 Å². The lowest BCUT2D eigenvalue weighted by molar-refractivity contribution is -0.114. The monoisotopic (exact) mass is 298 g/mol. The lowest BCUT2D eigenvalue weighted by Crippen LogP contribution is -2.22. The summed E-state index contributed by atoms with van der Waals surface area (Å²) in [5, 5.41) is 8.14. The zero-order valence-corrected chi connectivity index (χ0v) is 12.2. The molecule has 0 saturated carbocycles. The number of nitrogens with one attached hydrogen (secondary N) is 3. The Balaban J connectivity index is 2.06. The van der Waals surface area contributed by atoms with Crippen LogP contribution in [0.3, 0.4) is 0 Å². The van der Waals surface area contributed by atoms with Gasteiger partial charge in [-0.1, -0.05) is 24.3 Å². The van der Waals surface area contributed by atoms with Gasteiger partial charge in [0.05, 0.1) is 6.54 Å². The first-order valence-corrected chi connectivity index (χ1v) is 6.82. The van der Waals surface area contributed by atoms with Gasteiger partial charge in [-0.25, -0.2) is 4.79 Å². The minimum Gasteiger partial charge on any atom is -0.325 e. The standard InChI is InChI=1S/C16H18N4O2/c1-11-7-8-13(18-15(21)10-17)9-14(11)20-16(22)19-12-5-3-2-4-6-12/h2-9H,10,17H2,1H3,(H,18,21)(H2,19,20,22). The molecule has 22 heavy (non-hydrogen) atoms. The molecular formula is C16H18N4O2. The van der Waals surface area contributed by atoms with Gasteiger partial charge in [-0.05, 0) is 36.8 Å². The Hall–Kier alpha value is -2.86. The van der Waals surface area contributed by atoms with Gasteiger partial charge in [0, 0.05) is 17.1 Å². The molecule has 2 rings (SSSR count). The molecule has 2 aromatic carbocycles. The summed E-state index contributed by atoms with van der Waals surface area (Å²) in [5.74, 6) is -0.288. The van der Waals surface area contributed by atoms with E-state index in [1.807, 2.05) is 31.2 Å². The van der Waals surface area contributed by atoms with Gasteiger partial charge in [0.1, 0.15) is 0 Å². The van der Waals surface area contributed by atoms with E-state index < -0.39 is 0 Å². The van der Waals surface area contributed by atoms with E-state index in [0.717, 1.165) is 5.56 Å². The van der Waals surface area contributed by atoms with Gasteiger partial charge in [-0.2, -0.15) is 0 Å². The van der Waals surface area contributed by atoms with Gasteiger partial charge in [-0.3, -0.25) is 4.79 Å². The molecule has 114 valence electrons. The van der Waals surface area contributed by atoms with Crippen LogP contribution in [0.2, 0.25) is 0 Å². The van der Waals surface area contributed by atoms with Crippen molar-refractivity contribution in [3.05, 3.63) is 54.1 Å². The Labute approximate surface area is 128 Å². The molecule has 0 atom stereocenters. The fourth-order valence-electron chi connectivity index (χ4n) is 1.85. The van der Waals surface area contributed by atoms with Crippen LogP contribution in [0.15, 0.2) is 48.5 Å². The lowest BCUT2D eigenvalue weighted by atomic mass is 10.2. The number of urea groups is 1. The highest BCUT2D eigenvalue weighted by molar-refractivity contribution is 6.01. The molecule has 6 heteroatoms. The molecule has 0 aromatic heterocycles. The number of aryl methyl sites for hydroxylation is 1. The Morgan fingerprint density at radius 2 is 1.68 bits per heavy atom. The molecule has 2 aromatic rings. The Morgan fingerprint density at radius 3 is 2.36 bits per heavy atom. The Morgan fingerprint density at radius 1 is 0.955 bits per heavy atom. The van der Waals surface area contributed by atoms with Crippen LogP contribution in [0.1, 0.15) is 5.56 Å². The van der Waals surface area contributed by atoms with Gasteiger partial charge in [0.25, 0.3) is 0 Å². The van der Waals surface area contributed by atoms with Crippen molar-refractivity contribution in [2.24, 2.45) is 5.73 Å². The van der Waals surface area contributed by atoms with Gasteiger partial charge in [0.15, 0.2) is 0 Å². The summed E-state index contributed by atoms with van der Waals surface area (Å²) in [5.41, 5.74) is 8.04. The molecule has 6 nitrogen and oxygen atoms in total. The minimum absolute atomic E-state index is 0.0921. The van der Waals surface area contributed by atoms with Crippen LogP contribution in [-0.4, -0.2) is 18.5 Å². The first-order chi connectivity index (χ1) is 10.6. The third-order valence-electron chi connectivity index (χ3n) is 2.99. The van der Waals surface area contributed by atoms with Crippen LogP contribution in [0.4, 0.5) is 21.9 Å². The maximum absolute atomic E-state index is 12.0. The molecule has 5 N–H and O–H groups in total. The summed E-state index contributed by atoms with van der Waals surface area (Å²) >= 11 is 0. The number of benzene rings is 2. The number of para-hydroxylation sites is 1. The van der Waals surface area contributed by atoms with E-state index in [4.69, 9.17) is 5.73 Å². The highest BCUT2D eigenvalue weighted by Gasteiger charge is 2.07. The van der Waals surface area contributed by atoms with Gasteiger partial charge in [0.2, 0.25) is 5.91 Å². The smallest absolute Gasteiger partial charge is 0.323 e. The molecule has 0 bridgehead atoms. The average molecular weight is 298 g/mol. The number of rotatable bonds is 4. The van der Waals surface area contributed by atoms with Crippen molar-refractivity contribution in [1.29, 1.82) is 0 Å². The zero-order chi connectivity index (χ0) is 15.9. The molecule has 0 heterocycles. The van der Waals surface area contributed by atoms with E-state index in [0.29, 0.717) is 17.1 Å². The maximum atomic E-state index is 12.0. The van der Waals surface area contributed by atoms with Crippen molar-refractivity contribution in [2.45, 2.75) is 6.92 Å². The Bertz CT molecular complexity index is 671. The molecule has 3 amide bonds. The first-order valence-electron chi connectivity index (χ1n) is 6.82. The topological polar surface area (TPSA) is 96.2 Å². The van der Waals surface area contributed by atoms with Crippen molar-refractivity contribution in [3.63, 3.8) is 0 Å².